The molecule has 0 radical (unpaired) electrons. The van der Waals surface area contributed by atoms with Gasteiger partial charge in [0.05, 0.1) is 6.10 Å². The van der Waals surface area contributed by atoms with E-state index in [1.807, 2.05) is 6.92 Å². The van der Waals surface area contributed by atoms with Gasteiger partial charge >= 0.3 is 0 Å². The lowest BCUT2D eigenvalue weighted by Crippen LogP contribution is -2.37. The van der Waals surface area contributed by atoms with E-state index in [0.717, 1.165) is 12.8 Å². The third kappa shape index (κ3) is 3.55. The van der Waals surface area contributed by atoms with E-state index in [-0.39, 0.29) is 11.5 Å². The summed E-state index contributed by atoms with van der Waals surface area (Å²) < 4.78 is 0. The molecule has 2 heteroatoms. The zero-order chi connectivity index (χ0) is 9.78. The molecule has 0 saturated carbocycles. The highest BCUT2D eigenvalue weighted by atomic mass is 16.3. The second kappa shape index (κ2) is 4.83. The monoisotopic (exact) mass is 173 g/mol. The van der Waals surface area contributed by atoms with E-state index in [2.05, 4.69) is 20.8 Å². The summed E-state index contributed by atoms with van der Waals surface area (Å²) in [4.78, 5) is 0. The normalized spacial score (nSPS) is 19.2. The smallest absolute Gasteiger partial charge is 0.0577 e. The van der Waals surface area contributed by atoms with Crippen molar-refractivity contribution in [2.24, 2.45) is 17.1 Å². The number of hydrogen-bond donors (Lipinski definition) is 2. The summed E-state index contributed by atoms with van der Waals surface area (Å²) in [7, 11) is 0. The number of nitrogens with two attached hydrogens (primary N) is 1. The summed E-state index contributed by atoms with van der Waals surface area (Å²) in [6.45, 7) is 8.84. The zero-order valence-corrected chi connectivity index (χ0v) is 8.80. The van der Waals surface area contributed by atoms with Crippen molar-refractivity contribution in [2.75, 3.05) is 6.54 Å². The Morgan fingerprint density at radius 1 is 1.33 bits per heavy atom. The molecule has 0 heterocycles. The van der Waals surface area contributed by atoms with Crippen LogP contribution in [0.25, 0.3) is 0 Å². The standard InChI is InChI=1S/C10H23NO/c1-8(2)5-6-10(4,7-11)9(3)12/h8-9,12H,5-7,11H2,1-4H3. The highest BCUT2D eigenvalue weighted by molar-refractivity contribution is 4.80. The Bertz CT molecular complexity index is 123. The summed E-state index contributed by atoms with van der Waals surface area (Å²) >= 11 is 0. The number of aliphatic hydroxyl groups is 1. The van der Waals surface area contributed by atoms with Gasteiger partial charge in [0.1, 0.15) is 0 Å². The van der Waals surface area contributed by atoms with E-state index < -0.39 is 0 Å². The van der Waals surface area contributed by atoms with Crippen LogP contribution in [0.3, 0.4) is 0 Å². The van der Waals surface area contributed by atoms with Crippen molar-refractivity contribution in [3.8, 4) is 0 Å². The molecule has 2 nitrogen and oxygen atoms in total. The highest BCUT2D eigenvalue weighted by Crippen LogP contribution is 2.27. The van der Waals surface area contributed by atoms with Gasteiger partial charge in [-0.25, -0.2) is 0 Å². The molecule has 0 fully saturated rings. The Morgan fingerprint density at radius 3 is 2.08 bits per heavy atom. The van der Waals surface area contributed by atoms with Gasteiger partial charge < -0.3 is 10.8 Å². The van der Waals surface area contributed by atoms with Gasteiger partial charge in [-0.15, -0.1) is 0 Å². The van der Waals surface area contributed by atoms with Crippen molar-refractivity contribution < 1.29 is 5.11 Å². The summed E-state index contributed by atoms with van der Waals surface area (Å²) in [5.74, 6) is 0.689. The number of rotatable bonds is 5. The molecule has 0 aliphatic heterocycles. The second-order valence-electron chi connectivity index (χ2n) is 4.47. The molecule has 74 valence electrons. The Hall–Kier alpha value is -0.0800. The van der Waals surface area contributed by atoms with E-state index in [0.29, 0.717) is 12.5 Å². The Kier molecular flexibility index (Phi) is 4.80. The molecule has 0 aliphatic carbocycles. The van der Waals surface area contributed by atoms with Crippen LogP contribution < -0.4 is 5.73 Å². The minimum Gasteiger partial charge on any atom is -0.393 e. The van der Waals surface area contributed by atoms with Crippen molar-refractivity contribution in [1.29, 1.82) is 0 Å². The van der Waals surface area contributed by atoms with E-state index in [9.17, 15) is 5.11 Å². The molecule has 2 unspecified atom stereocenters. The fraction of sp³-hybridized carbons (Fsp3) is 1.00. The quantitative estimate of drug-likeness (QED) is 0.665. The molecule has 0 spiro atoms. The molecule has 12 heavy (non-hydrogen) atoms. The molecule has 0 amide bonds. The molecule has 3 N–H and O–H groups in total. The van der Waals surface area contributed by atoms with Crippen LogP contribution in [0.5, 0.6) is 0 Å². The summed E-state index contributed by atoms with van der Waals surface area (Å²) in [5.41, 5.74) is 5.54. The largest absolute Gasteiger partial charge is 0.393 e. The van der Waals surface area contributed by atoms with Gasteiger partial charge in [-0.1, -0.05) is 27.2 Å². The molecule has 0 aromatic heterocycles. The summed E-state index contributed by atoms with van der Waals surface area (Å²) in [6, 6.07) is 0. The van der Waals surface area contributed by atoms with Gasteiger partial charge in [-0.05, 0) is 19.3 Å². The average molecular weight is 173 g/mol. The van der Waals surface area contributed by atoms with Gasteiger partial charge in [-0.2, -0.15) is 0 Å². The van der Waals surface area contributed by atoms with Crippen LogP contribution in [-0.2, 0) is 0 Å². The first-order chi connectivity index (χ1) is 5.42. The number of hydrogen-bond acceptors (Lipinski definition) is 2. The Balaban J connectivity index is 3.97. The van der Waals surface area contributed by atoms with Crippen LogP contribution in [0, 0.1) is 11.3 Å². The first-order valence-electron chi connectivity index (χ1n) is 4.80. The van der Waals surface area contributed by atoms with Crippen molar-refractivity contribution in [1.82, 2.24) is 0 Å². The minimum atomic E-state index is -0.304. The van der Waals surface area contributed by atoms with E-state index in [1.165, 1.54) is 0 Å². The molecule has 0 aromatic carbocycles. The van der Waals surface area contributed by atoms with E-state index in [1.54, 1.807) is 0 Å². The summed E-state index contributed by atoms with van der Waals surface area (Å²) in [5, 5.41) is 9.50. The third-order valence-electron chi connectivity index (χ3n) is 2.77. The molecule has 2 atom stereocenters. The lowest BCUT2D eigenvalue weighted by Gasteiger charge is -2.31. The van der Waals surface area contributed by atoms with Crippen molar-refractivity contribution in [3.05, 3.63) is 0 Å². The van der Waals surface area contributed by atoms with Crippen LogP contribution in [0.2, 0.25) is 0 Å². The SMILES string of the molecule is CC(C)CCC(C)(CN)C(C)O. The van der Waals surface area contributed by atoms with Gasteiger partial charge in [0, 0.05) is 12.0 Å². The van der Waals surface area contributed by atoms with Gasteiger partial charge in [0.25, 0.3) is 0 Å². The summed E-state index contributed by atoms with van der Waals surface area (Å²) in [6.07, 6.45) is 1.85. The molecular formula is C10H23NO. The lowest BCUT2D eigenvalue weighted by atomic mass is 9.79. The third-order valence-corrected chi connectivity index (χ3v) is 2.77. The van der Waals surface area contributed by atoms with Crippen molar-refractivity contribution >= 4 is 0 Å². The Morgan fingerprint density at radius 2 is 1.83 bits per heavy atom. The zero-order valence-electron chi connectivity index (χ0n) is 8.80. The fourth-order valence-corrected chi connectivity index (χ4v) is 1.10. The molecule has 0 aliphatic rings. The van der Waals surface area contributed by atoms with Crippen LogP contribution in [0.4, 0.5) is 0 Å². The highest BCUT2D eigenvalue weighted by Gasteiger charge is 2.27. The van der Waals surface area contributed by atoms with E-state index in [4.69, 9.17) is 5.73 Å². The maximum atomic E-state index is 9.50. The van der Waals surface area contributed by atoms with Crippen molar-refractivity contribution in [2.45, 2.75) is 46.6 Å². The van der Waals surface area contributed by atoms with E-state index >= 15 is 0 Å². The molecule has 0 rings (SSSR count). The second-order valence-corrected chi connectivity index (χ2v) is 4.47. The van der Waals surface area contributed by atoms with Crippen LogP contribution in [0.1, 0.15) is 40.5 Å². The first kappa shape index (κ1) is 11.9. The maximum absolute atomic E-state index is 9.50. The van der Waals surface area contributed by atoms with Crippen LogP contribution >= 0.6 is 0 Å². The molecule has 0 aromatic rings. The first-order valence-corrected chi connectivity index (χ1v) is 4.80. The van der Waals surface area contributed by atoms with Crippen molar-refractivity contribution in [3.63, 3.8) is 0 Å². The van der Waals surface area contributed by atoms with Gasteiger partial charge in [0.2, 0.25) is 0 Å². The topological polar surface area (TPSA) is 46.2 Å². The predicted molar refractivity (Wildman–Crippen MR) is 52.9 cm³/mol. The molecule has 0 saturated heterocycles. The van der Waals surface area contributed by atoms with Gasteiger partial charge in [0.15, 0.2) is 0 Å². The minimum absolute atomic E-state index is 0.0930. The molecule has 0 bridgehead atoms. The Labute approximate surface area is 76.2 Å². The lowest BCUT2D eigenvalue weighted by molar-refractivity contribution is 0.0481. The van der Waals surface area contributed by atoms with Crippen LogP contribution in [-0.4, -0.2) is 17.8 Å². The number of aliphatic hydroxyl groups excluding tert-OH is 1. The van der Waals surface area contributed by atoms with Gasteiger partial charge in [-0.3, -0.25) is 0 Å². The fourth-order valence-electron chi connectivity index (χ4n) is 1.10. The molecular weight excluding hydrogens is 150 g/mol. The van der Waals surface area contributed by atoms with Crippen LogP contribution in [0.15, 0.2) is 0 Å². The maximum Gasteiger partial charge on any atom is 0.0577 e. The predicted octanol–water partition coefficient (Wildman–Crippen LogP) is 1.77. The average Bonchev–Trinajstić information content (AvgIpc) is 1.99.